The van der Waals surface area contributed by atoms with Crippen molar-refractivity contribution in [3.8, 4) is 5.75 Å². The zero-order valence-corrected chi connectivity index (χ0v) is 21.0. The van der Waals surface area contributed by atoms with Gasteiger partial charge in [0.05, 0.1) is 22.2 Å². The highest BCUT2D eigenvalue weighted by Crippen LogP contribution is 2.23. The number of fused-ring (bicyclic) bond motifs is 1. The van der Waals surface area contributed by atoms with Crippen LogP contribution in [0.25, 0.3) is 10.2 Å². The van der Waals surface area contributed by atoms with Crippen LogP contribution in [-0.2, 0) is 16.6 Å². The molecule has 0 aliphatic carbocycles. The quantitative estimate of drug-likeness (QED) is 0.452. The van der Waals surface area contributed by atoms with Gasteiger partial charge in [0.2, 0.25) is 10.0 Å². The number of rotatable bonds is 9. The monoisotopic (exact) mass is 493 g/mol. The van der Waals surface area contributed by atoms with E-state index >= 15 is 0 Å². The Morgan fingerprint density at radius 2 is 1.84 bits per heavy atom. The summed E-state index contributed by atoms with van der Waals surface area (Å²) in [7, 11) is -1.94. The number of thiazole rings is 1. The predicted molar refractivity (Wildman–Crippen MR) is 131 cm³/mol. The molecular formula is C22H27N3O4S3. The zero-order valence-electron chi connectivity index (χ0n) is 18.6. The van der Waals surface area contributed by atoms with Gasteiger partial charge >= 0.3 is 0 Å². The van der Waals surface area contributed by atoms with Crippen LogP contribution in [0, 0.1) is 0 Å². The average molecular weight is 494 g/mol. The maximum atomic E-state index is 12.9. The van der Waals surface area contributed by atoms with Crippen molar-refractivity contribution in [2.24, 2.45) is 4.99 Å². The number of hydrogen-bond acceptors (Lipinski definition) is 6. The first kappa shape index (κ1) is 24.5. The summed E-state index contributed by atoms with van der Waals surface area (Å²) in [6.07, 6.45) is 2.03. The smallest absolute Gasteiger partial charge is 0.279 e. The number of thioether (sulfide) groups is 1. The third kappa shape index (κ3) is 5.09. The van der Waals surface area contributed by atoms with Crippen molar-refractivity contribution < 1.29 is 17.9 Å². The summed E-state index contributed by atoms with van der Waals surface area (Å²) >= 11 is 3.16. The Hall–Kier alpha value is -2.14. The molecule has 1 heterocycles. The van der Waals surface area contributed by atoms with E-state index in [-0.39, 0.29) is 4.90 Å². The van der Waals surface area contributed by atoms with Gasteiger partial charge in [0.15, 0.2) is 4.80 Å². The van der Waals surface area contributed by atoms with E-state index in [1.54, 1.807) is 32.7 Å². The van der Waals surface area contributed by atoms with Crippen LogP contribution in [0.15, 0.2) is 52.4 Å². The molecule has 0 saturated carbocycles. The van der Waals surface area contributed by atoms with E-state index in [0.717, 1.165) is 21.7 Å². The molecule has 0 spiro atoms. The Kier molecular flexibility index (Phi) is 8.16. The summed E-state index contributed by atoms with van der Waals surface area (Å²) < 4.78 is 35.1. The van der Waals surface area contributed by atoms with Crippen molar-refractivity contribution in [3.05, 3.63) is 52.8 Å². The summed E-state index contributed by atoms with van der Waals surface area (Å²) in [5.41, 5.74) is 1.31. The number of sulfonamides is 1. The van der Waals surface area contributed by atoms with E-state index in [1.807, 2.05) is 29.0 Å². The van der Waals surface area contributed by atoms with Crippen LogP contribution in [0.3, 0.4) is 0 Å². The molecule has 2 aromatic carbocycles. The molecule has 7 nitrogen and oxygen atoms in total. The van der Waals surface area contributed by atoms with Gasteiger partial charge in [0, 0.05) is 37.0 Å². The number of carbonyl (C=O) groups is 1. The van der Waals surface area contributed by atoms with Gasteiger partial charge < -0.3 is 9.30 Å². The minimum atomic E-state index is -3.57. The Morgan fingerprint density at radius 1 is 1.16 bits per heavy atom. The van der Waals surface area contributed by atoms with Crippen molar-refractivity contribution in [2.45, 2.75) is 25.3 Å². The number of hydrogen-bond donors (Lipinski definition) is 0. The minimum Gasteiger partial charge on any atom is -0.497 e. The van der Waals surface area contributed by atoms with Crippen molar-refractivity contribution in [3.63, 3.8) is 0 Å². The second-order valence-corrected chi connectivity index (χ2v) is 10.8. The maximum Gasteiger partial charge on any atom is 0.279 e. The number of methoxy groups -OCH3 is 1. The molecule has 3 aromatic rings. The summed E-state index contributed by atoms with van der Waals surface area (Å²) in [5.74, 6) is 1.21. The normalized spacial score (nSPS) is 12.6. The second-order valence-electron chi connectivity index (χ2n) is 6.89. The summed E-state index contributed by atoms with van der Waals surface area (Å²) in [4.78, 5) is 18.0. The number of carbonyl (C=O) groups excluding carboxylic acids is 1. The average Bonchev–Trinajstić information content (AvgIpc) is 3.14. The van der Waals surface area contributed by atoms with Gasteiger partial charge in [0.1, 0.15) is 5.75 Å². The number of aromatic nitrogens is 1. The SMILES string of the molecule is CCN(CC)S(=O)(=O)c1ccc(C(=O)N=c2sc3ccc(OC)cc3n2CCSC)cc1. The van der Waals surface area contributed by atoms with Crippen LogP contribution in [-0.4, -0.2) is 55.4 Å². The van der Waals surface area contributed by atoms with E-state index in [9.17, 15) is 13.2 Å². The molecule has 0 fully saturated rings. The lowest BCUT2D eigenvalue weighted by Gasteiger charge is -2.18. The molecule has 0 aliphatic heterocycles. The predicted octanol–water partition coefficient (Wildman–Crippen LogP) is 3.85. The molecular weight excluding hydrogens is 466 g/mol. The highest BCUT2D eigenvalue weighted by Gasteiger charge is 2.21. The first-order chi connectivity index (χ1) is 15.3. The Bertz CT molecular complexity index is 1260. The molecule has 32 heavy (non-hydrogen) atoms. The first-order valence-corrected chi connectivity index (χ1v) is 13.9. The Balaban J connectivity index is 1.99. The van der Waals surface area contributed by atoms with Gasteiger partial charge in [-0.1, -0.05) is 25.2 Å². The highest BCUT2D eigenvalue weighted by molar-refractivity contribution is 7.98. The topological polar surface area (TPSA) is 81.0 Å². The second kappa shape index (κ2) is 10.7. The number of aryl methyl sites for hydroxylation is 1. The van der Waals surface area contributed by atoms with Crippen molar-refractivity contribution in [2.75, 3.05) is 32.2 Å². The van der Waals surface area contributed by atoms with Gasteiger partial charge in [-0.3, -0.25) is 4.79 Å². The largest absolute Gasteiger partial charge is 0.497 e. The fourth-order valence-electron chi connectivity index (χ4n) is 3.29. The molecule has 0 N–H and O–H groups in total. The highest BCUT2D eigenvalue weighted by atomic mass is 32.2. The van der Waals surface area contributed by atoms with E-state index in [2.05, 4.69) is 4.99 Å². The van der Waals surface area contributed by atoms with E-state index in [0.29, 0.717) is 30.0 Å². The van der Waals surface area contributed by atoms with Gasteiger partial charge in [-0.05, 0) is 42.7 Å². The number of benzene rings is 2. The van der Waals surface area contributed by atoms with Crippen molar-refractivity contribution >= 4 is 49.2 Å². The van der Waals surface area contributed by atoms with Gasteiger partial charge in [0.25, 0.3) is 5.91 Å². The standard InChI is InChI=1S/C22H27N3O4S3/c1-5-24(6-2)32(27,28)18-10-7-16(8-11-18)21(26)23-22-25(13-14-30-4)19-15-17(29-3)9-12-20(19)31-22/h7-12,15H,5-6,13-14H2,1-4H3. The molecule has 1 aromatic heterocycles. The van der Waals surface area contributed by atoms with Crippen LogP contribution in [0.1, 0.15) is 24.2 Å². The summed E-state index contributed by atoms with van der Waals surface area (Å²) in [5, 5.41) is 0. The summed E-state index contributed by atoms with van der Waals surface area (Å²) in [6, 6.07) is 11.8. The maximum absolute atomic E-state index is 12.9. The van der Waals surface area contributed by atoms with Crippen LogP contribution in [0.4, 0.5) is 0 Å². The third-order valence-corrected chi connectivity index (χ3v) is 8.76. The van der Waals surface area contributed by atoms with Gasteiger partial charge in [-0.25, -0.2) is 8.42 Å². The van der Waals surface area contributed by atoms with Crippen molar-refractivity contribution in [1.29, 1.82) is 0 Å². The Labute approximate surface area is 196 Å². The third-order valence-electron chi connectivity index (χ3n) is 5.05. The lowest BCUT2D eigenvalue weighted by Crippen LogP contribution is -2.30. The van der Waals surface area contributed by atoms with Crippen molar-refractivity contribution in [1.82, 2.24) is 8.87 Å². The lowest BCUT2D eigenvalue weighted by molar-refractivity contribution is 0.0997. The Morgan fingerprint density at radius 3 is 2.44 bits per heavy atom. The number of nitrogens with zero attached hydrogens (tertiary/aromatic N) is 3. The molecule has 0 atom stereocenters. The molecule has 0 unspecified atom stereocenters. The first-order valence-electron chi connectivity index (χ1n) is 10.2. The fraction of sp³-hybridized carbons (Fsp3) is 0.364. The van der Waals surface area contributed by atoms with Crippen LogP contribution >= 0.6 is 23.1 Å². The molecule has 10 heteroatoms. The summed E-state index contributed by atoms with van der Waals surface area (Å²) in [6.45, 7) is 5.08. The fourth-order valence-corrected chi connectivity index (χ4v) is 6.15. The molecule has 0 bridgehead atoms. The van der Waals surface area contributed by atoms with Crippen LogP contribution < -0.4 is 9.54 Å². The molecule has 0 radical (unpaired) electrons. The number of ether oxygens (including phenoxy) is 1. The van der Waals surface area contributed by atoms with E-state index < -0.39 is 15.9 Å². The van der Waals surface area contributed by atoms with Gasteiger partial charge in [-0.2, -0.15) is 21.1 Å². The van der Waals surface area contributed by atoms with E-state index in [1.165, 1.54) is 39.9 Å². The number of amides is 1. The molecule has 3 rings (SSSR count). The van der Waals surface area contributed by atoms with Gasteiger partial charge in [-0.15, -0.1) is 0 Å². The lowest BCUT2D eigenvalue weighted by atomic mass is 10.2. The molecule has 1 amide bonds. The van der Waals surface area contributed by atoms with Crippen LogP contribution in [0.2, 0.25) is 0 Å². The van der Waals surface area contributed by atoms with E-state index in [4.69, 9.17) is 4.74 Å². The molecule has 0 aliphatic rings. The molecule has 172 valence electrons. The minimum absolute atomic E-state index is 0.168. The van der Waals surface area contributed by atoms with Crippen LogP contribution in [0.5, 0.6) is 5.75 Å². The zero-order chi connectivity index (χ0) is 23.3. The molecule has 0 saturated heterocycles.